The number of alkyl halides is 1. The molecule has 3 aromatic rings. The van der Waals surface area contributed by atoms with E-state index in [0.29, 0.717) is 24.4 Å². The predicted octanol–water partition coefficient (Wildman–Crippen LogP) is 2.86. The van der Waals surface area contributed by atoms with Crippen LogP contribution in [0.1, 0.15) is 22.3 Å². The van der Waals surface area contributed by atoms with Crippen LogP contribution in [0, 0.1) is 0 Å². The van der Waals surface area contributed by atoms with Crippen molar-refractivity contribution in [1.82, 2.24) is 19.9 Å². The summed E-state index contributed by atoms with van der Waals surface area (Å²) in [6, 6.07) is 11.3. The van der Waals surface area contributed by atoms with Gasteiger partial charge in [0.25, 0.3) is 5.91 Å². The Hall–Kier alpha value is -2.67. The number of fused-ring (bicyclic) bond motifs is 1. The van der Waals surface area contributed by atoms with Crippen molar-refractivity contribution < 1.29 is 9.18 Å². The van der Waals surface area contributed by atoms with E-state index in [1.165, 1.54) is 6.20 Å². The van der Waals surface area contributed by atoms with Crippen molar-refractivity contribution >= 4 is 29.0 Å². The Balaban J connectivity index is 1.66. The summed E-state index contributed by atoms with van der Waals surface area (Å²) in [6.45, 7) is 0.642. The second-order valence-electron chi connectivity index (χ2n) is 6.40. The third kappa shape index (κ3) is 3.22. The minimum atomic E-state index is -0.968. The zero-order valence-corrected chi connectivity index (χ0v) is 14.8. The molecule has 6 nitrogen and oxygen atoms in total. The number of hydrogen-bond acceptors (Lipinski definition) is 4. The van der Waals surface area contributed by atoms with E-state index in [-0.39, 0.29) is 10.7 Å². The number of carbonyl (C=O) groups is 1. The summed E-state index contributed by atoms with van der Waals surface area (Å²) in [5, 5.41) is 7.19. The predicted molar refractivity (Wildman–Crippen MR) is 97.3 cm³/mol. The molecule has 0 spiro atoms. The summed E-state index contributed by atoms with van der Waals surface area (Å²) in [6.07, 6.45) is 0.818. The Morgan fingerprint density at radius 3 is 2.85 bits per heavy atom. The summed E-state index contributed by atoms with van der Waals surface area (Å²) in [7, 11) is 1.91. The molecule has 0 radical (unpaired) electrons. The van der Waals surface area contributed by atoms with Gasteiger partial charge in [-0.15, -0.1) is 0 Å². The molecular weight excluding hydrogens is 357 g/mol. The summed E-state index contributed by atoms with van der Waals surface area (Å²) in [5.74, 6) is 0.314. The molecule has 2 heterocycles. The highest BCUT2D eigenvalue weighted by atomic mass is 35.5. The van der Waals surface area contributed by atoms with Gasteiger partial charge in [-0.1, -0.05) is 41.9 Å². The average molecular weight is 374 g/mol. The van der Waals surface area contributed by atoms with Crippen LogP contribution >= 0.6 is 11.6 Å². The number of aromatic nitrogens is 3. The lowest BCUT2D eigenvalue weighted by Gasteiger charge is -2.20. The van der Waals surface area contributed by atoms with Gasteiger partial charge in [0.1, 0.15) is 22.7 Å². The first-order valence-electron chi connectivity index (χ1n) is 8.27. The molecule has 1 N–H and O–H groups in total. The molecule has 1 saturated carbocycles. The van der Waals surface area contributed by atoms with Crippen LogP contribution in [0.25, 0.3) is 5.65 Å². The first kappa shape index (κ1) is 16.8. The third-order valence-electron chi connectivity index (χ3n) is 4.35. The monoisotopic (exact) mass is 373 g/mol. The zero-order valence-electron chi connectivity index (χ0n) is 14.1. The summed E-state index contributed by atoms with van der Waals surface area (Å²) in [5.41, 5.74) is 1.76. The van der Waals surface area contributed by atoms with Gasteiger partial charge in [-0.3, -0.25) is 4.79 Å². The van der Waals surface area contributed by atoms with Crippen LogP contribution in [-0.4, -0.2) is 39.8 Å². The van der Waals surface area contributed by atoms with Crippen LogP contribution in [0.3, 0.4) is 0 Å². The van der Waals surface area contributed by atoms with Crippen molar-refractivity contribution in [3.63, 3.8) is 0 Å². The lowest BCUT2D eigenvalue weighted by atomic mass is 10.2. The second-order valence-corrected chi connectivity index (χ2v) is 6.79. The van der Waals surface area contributed by atoms with Crippen LogP contribution in [0.15, 0.2) is 42.6 Å². The van der Waals surface area contributed by atoms with E-state index in [9.17, 15) is 9.18 Å². The van der Waals surface area contributed by atoms with Crippen LogP contribution in [0.4, 0.5) is 10.2 Å². The van der Waals surface area contributed by atoms with E-state index in [2.05, 4.69) is 15.4 Å². The van der Waals surface area contributed by atoms with Gasteiger partial charge in [-0.05, 0) is 5.56 Å². The van der Waals surface area contributed by atoms with Gasteiger partial charge < -0.3 is 10.2 Å². The molecule has 1 aliphatic rings. The Morgan fingerprint density at radius 2 is 2.15 bits per heavy atom. The van der Waals surface area contributed by atoms with E-state index in [4.69, 9.17) is 11.6 Å². The number of anilines is 1. The standard InChI is InChI=1S/C18H17ClFN5O/c1-24(10-11-5-3-2-4-6-11)16-8-15(19)23-17-12(9-21-25(16)17)18(26)22-14-7-13(14)20/h2-6,8-9,13-14H,7,10H2,1H3,(H,22,26)/t13-,14+/m0/s1. The fourth-order valence-electron chi connectivity index (χ4n) is 2.85. The smallest absolute Gasteiger partial charge is 0.257 e. The van der Waals surface area contributed by atoms with E-state index in [1.54, 1.807) is 10.6 Å². The molecule has 8 heteroatoms. The number of benzene rings is 1. The highest BCUT2D eigenvalue weighted by Crippen LogP contribution is 2.26. The van der Waals surface area contributed by atoms with Crippen LogP contribution in [0.2, 0.25) is 5.15 Å². The molecule has 1 amide bonds. The molecule has 1 aromatic carbocycles. The average Bonchev–Trinajstić information content (AvgIpc) is 3.14. The number of nitrogens with zero attached hydrogens (tertiary/aromatic N) is 4. The molecule has 2 atom stereocenters. The molecule has 0 aliphatic heterocycles. The fraction of sp³-hybridized carbons (Fsp3) is 0.278. The first-order chi connectivity index (χ1) is 12.5. The Kier molecular flexibility index (Phi) is 4.24. The quantitative estimate of drug-likeness (QED) is 0.698. The van der Waals surface area contributed by atoms with Crippen molar-refractivity contribution in [2.45, 2.75) is 25.2 Å². The van der Waals surface area contributed by atoms with E-state index in [0.717, 1.165) is 5.56 Å². The van der Waals surface area contributed by atoms with Crippen LogP contribution < -0.4 is 10.2 Å². The Bertz CT molecular complexity index is 961. The number of hydrogen-bond donors (Lipinski definition) is 1. The first-order valence-corrected chi connectivity index (χ1v) is 8.65. The summed E-state index contributed by atoms with van der Waals surface area (Å²) >= 11 is 6.18. The topological polar surface area (TPSA) is 62.5 Å². The number of amides is 1. The molecule has 26 heavy (non-hydrogen) atoms. The highest BCUT2D eigenvalue weighted by Gasteiger charge is 2.39. The third-order valence-corrected chi connectivity index (χ3v) is 4.54. The zero-order chi connectivity index (χ0) is 18.3. The van der Waals surface area contributed by atoms with E-state index >= 15 is 0 Å². The maximum absolute atomic E-state index is 13.1. The Labute approximate surface area is 154 Å². The lowest BCUT2D eigenvalue weighted by molar-refractivity contribution is 0.0949. The number of carbonyl (C=O) groups excluding carboxylic acids is 1. The van der Waals surface area contributed by atoms with Gasteiger partial charge in [-0.2, -0.15) is 9.61 Å². The van der Waals surface area contributed by atoms with E-state index < -0.39 is 18.1 Å². The molecule has 1 fully saturated rings. The van der Waals surface area contributed by atoms with Crippen LogP contribution in [-0.2, 0) is 6.54 Å². The van der Waals surface area contributed by atoms with Crippen LogP contribution in [0.5, 0.6) is 0 Å². The minimum Gasteiger partial charge on any atom is -0.355 e. The van der Waals surface area contributed by atoms with Gasteiger partial charge in [0.2, 0.25) is 0 Å². The molecule has 1 aliphatic carbocycles. The summed E-state index contributed by atoms with van der Waals surface area (Å²) in [4.78, 5) is 18.6. The van der Waals surface area contributed by atoms with Gasteiger partial charge in [0, 0.05) is 26.1 Å². The van der Waals surface area contributed by atoms with Crippen molar-refractivity contribution in [2.24, 2.45) is 0 Å². The largest absolute Gasteiger partial charge is 0.355 e. The second kappa shape index (κ2) is 6.57. The van der Waals surface area contributed by atoms with Crippen molar-refractivity contribution in [1.29, 1.82) is 0 Å². The maximum Gasteiger partial charge on any atom is 0.257 e. The molecule has 4 rings (SSSR count). The fourth-order valence-corrected chi connectivity index (χ4v) is 3.03. The molecule has 0 unspecified atom stereocenters. The normalized spacial score (nSPS) is 18.7. The van der Waals surface area contributed by atoms with Gasteiger partial charge >= 0.3 is 0 Å². The van der Waals surface area contributed by atoms with Crippen molar-refractivity contribution in [2.75, 3.05) is 11.9 Å². The lowest BCUT2D eigenvalue weighted by Crippen LogP contribution is -2.27. The van der Waals surface area contributed by atoms with E-state index in [1.807, 2.05) is 42.3 Å². The minimum absolute atomic E-state index is 0.261. The SMILES string of the molecule is CN(Cc1ccccc1)c1cc(Cl)nc2c(C(=O)N[C@@H]3C[C@@H]3F)cnn12. The number of rotatable bonds is 5. The van der Waals surface area contributed by atoms with Gasteiger partial charge in [0.15, 0.2) is 5.65 Å². The highest BCUT2D eigenvalue weighted by molar-refractivity contribution is 6.29. The van der Waals surface area contributed by atoms with Crippen molar-refractivity contribution in [3.05, 3.63) is 58.9 Å². The van der Waals surface area contributed by atoms with Gasteiger partial charge in [0.05, 0.1) is 12.2 Å². The molecule has 0 saturated heterocycles. The molecular formula is C18H17ClFN5O. The molecule has 134 valence electrons. The van der Waals surface area contributed by atoms with Gasteiger partial charge in [-0.25, -0.2) is 9.37 Å². The number of halogens is 2. The molecule has 0 bridgehead atoms. The Morgan fingerprint density at radius 1 is 1.42 bits per heavy atom. The number of nitrogens with one attached hydrogen (secondary N) is 1. The van der Waals surface area contributed by atoms with Crippen molar-refractivity contribution in [3.8, 4) is 0 Å². The molecule has 2 aromatic heterocycles. The maximum atomic E-state index is 13.1. The summed E-state index contributed by atoms with van der Waals surface area (Å²) < 4.78 is 14.6.